The fraction of sp³-hybridized carbons (Fsp3) is 0.364. The number of hydrogen-bond donors (Lipinski definition) is 2. The lowest BCUT2D eigenvalue weighted by atomic mass is 10.3. The van der Waals surface area contributed by atoms with E-state index in [9.17, 15) is 4.79 Å². The van der Waals surface area contributed by atoms with Crippen molar-refractivity contribution in [3.05, 3.63) is 30.3 Å². The molecule has 0 radical (unpaired) electrons. The average molecular weight is 224 g/mol. The second-order valence-corrected chi connectivity index (χ2v) is 3.18. The van der Waals surface area contributed by atoms with Gasteiger partial charge in [-0.3, -0.25) is 10.2 Å². The normalized spacial score (nSPS) is 11.9. The highest BCUT2D eigenvalue weighted by Gasteiger charge is 2.10. The number of ether oxygens (including phenoxy) is 2. The topological polar surface area (TPSA) is 73.6 Å². The molecule has 1 rings (SSSR count). The van der Waals surface area contributed by atoms with Gasteiger partial charge in [0.15, 0.2) is 0 Å². The van der Waals surface area contributed by atoms with Gasteiger partial charge in [0.05, 0.1) is 6.61 Å². The number of benzene rings is 1. The summed E-state index contributed by atoms with van der Waals surface area (Å²) in [6.45, 7) is 2.36. The molecule has 0 spiro atoms. The number of carbonyl (C=O) groups is 1. The molecule has 1 aromatic rings. The summed E-state index contributed by atoms with van der Waals surface area (Å²) in [7, 11) is 0. The molecule has 0 heterocycles. The number of nitrogens with two attached hydrogens (primary N) is 1. The van der Waals surface area contributed by atoms with Crippen molar-refractivity contribution in [1.82, 2.24) is 5.43 Å². The van der Waals surface area contributed by atoms with Crippen LogP contribution in [0, 0.1) is 0 Å². The van der Waals surface area contributed by atoms with Crippen molar-refractivity contribution in [3.8, 4) is 5.75 Å². The molecular formula is C11H16N2O3. The van der Waals surface area contributed by atoms with Crippen LogP contribution >= 0.6 is 0 Å². The number of hydrogen-bond acceptors (Lipinski definition) is 4. The van der Waals surface area contributed by atoms with Gasteiger partial charge in [0.2, 0.25) is 0 Å². The van der Waals surface area contributed by atoms with Gasteiger partial charge in [-0.05, 0) is 19.1 Å². The maximum absolute atomic E-state index is 11.0. The Labute approximate surface area is 94.5 Å². The van der Waals surface area contributed by atoms with Crippen molar-refractivity contribution < 1.29 is 14.3 Å². The van der Waals surface area contributed by atoms with E-state index in [1.165, 1.54) is 0 Å². The molecular weight excluding hydrogens is 208 g/mol. The Kier molecular flexibility index (Phi) is 5.31. The van der Waals surface area contributed by atoms with Crippen molar-refractivity contribution in [3.63, 3.8) is 0 Å². The Morgan fingerprint density at radius 1 is 1.38 bits per heavy atom. The van der Waals surface area contributed by atoms with E-state index in [2.05, 4.69) is 0 Å². The lowest BCUT2D eigenvalue weighted by Gasteiger charge is -2.11. The monoisotopic (exact) mass is 224 g/mol. The first-order valence-corrected chi connectivity index (χ1v) is 5.04. The zero-order chi connectivity index (χ0) is 11.8. The SMILES string of the molecule is CC(OCCOc1ccccc1)C(=O)NN. The van der Waals surface area contributed by atoms with Gasteiger partial charge in [-0.2, -0.15) is 0 Å². The molecule has 0 fully saturated rings. The van der Waals surface area contributed by atoms with Crippen LogP contribution in [0.2, 0.25) is 0 Å². The summed E-state index contributed by atoms with van der Waals surface area (Å²) in [4.78, 5) is 11.0. The molecule has 88 valence electrons. The zero-order valence-corrected chi connectivity index (χ0v) is 9.18. The standard InChI is InChI=1S/C11H16N2O3/c1-9(11(14)13-12)15-7-8-16-10-5-3-2-4-6-10/h2-6,9H,7-8,12H2,1H3,(H,13,14). The summed E-state index contributed by atoms with van der Waals surface area (Å²) in [5, 5.41) is 0. The number of amides is 1. The van der Waals surface area contributed by atoms with Crippen LogP contribution in [0.5, 0.6) is 5.75 Å². The molecule has 0 bridgehead atoms. The van der Waals surface area contributed by atoms with Crippen LogP contribution in [0.4, 0.5) is 0 Å². The van der Waals surface area contributed by atoms with E-state index in [-0.39, 0.29) is 5.91 Å². The number of para-hydroxylation sites is 1. The summed E-state index contributed by atoms with van der Waals surface area (Å²) in [5.41, 5.74) is 2.02. The molecule has 0 saturated carbocycles. The van der Waals surface area contributed by atoms with Crippen LogP contribution in [0.25, 0.3) is 0 Å². The van der Waals surface area contributed by atoms with Crippen LogP contribution in [-0.2, 0) is 9.53 Å². The van der Waals surface area contributed by atoms with Gasteiger partial charge in [0, 0.05) is 0 Å². The highest BCUT2D eigenvalue weighted by molar-refractivity contribution is 5.79. The summed E-state index contributed by atoms with van der Waals surface area (Å²) < 4.78 is 10.6. The zero-order valence-electron chi connectivity index (χ0n) is 9.18. The third kappa shape index (κ3) is 4.29. The number of hydrazine groups is 1. The van der Waals surface area contributed by atoms with E-state index in [1.54, 1.807) is 6.92 Å². The number of nitrogens with one attached hydrogen (secondary N) is 1. The summed E-state index contributed by atoms with van der Waals surface area (Å²) in [5.74, 6) is 5.39. The van der Waals surface area contributed by atoms with Gasteiger partial charge >= 0.3 is 0 Å². The second kappa shape index (κ2) is 6.81. The van der Waals surface area contributed by atoms with Gasteiger partial charge in [0.1, 0.15) is 18.5 Å². The number of carbonyl (C=O) groups excluding carboxylic acids is 1. The van der Waals surface area contributed by atoms with Gasteiger partial charge < -0.3 is 9.47 Å². The molecule has 1 unspecified atom stereocenters. The minimum absolute atomic E-state index is 0.337. The lowest BCUT2D eigenvalue weighted by Crippen LogP contribution is -2.39. The molecule has 0 aliphatic rings. The highest BCUT2D eigenvalue weighted by Crippen LogP contribution is 2.07. The predicted molar refractivity (Wildman–Crippen MR) is 59.7 cm³/mol. The Balaban J connectivity index is 2.15. The molecule has 5 heteroatoms. The fourth-order valence-electron chi connectivity index (χ4n) is 1.09. The smallest absolute Gasteiger partial charge is 0.262 e. The van der Waals surface area contributed by atoms with E-state index >= 15 is 0 Å². The van der Waals surface area contributed by atoms with E-state index in [0.29, 0.717) is 13.2 Å². The predicted octanol–water partition coefficient (Wildman–Crippen LogP) is 0.460. The maximum Gasteiger partial charge on any atom is 0.262 e. The van der Waals surface area contributed by atoms with Crippen LogP contribution in [0.3, 0.4) is 0 Å². The van der Waals surface area contributed by atoms with Crippen LogP contribution in [0.15, 0.2) is 30.3 Å². The molecule has 1 atom stereocenters. The Morgan fingerprint density at radius 3 is 2.69 bits per heavy atom. The molecule has 5 nitrogen and oxygen atoms in total. The molecule has 3 N–H and O–H groups in total. The van der Waals surface area contributed by atoms with Crippen LogP contribution < -0.4 is 16.0 Å². The quantitative estimate of drug-likeness (QED) is 0.318. The molecule has 0 aromatic heterocycles. The minimum atomic E-state index is -0.565. The Morgan fingerprint density at radius 2 is 2.06 bits per heavy atom. The van der Waals surface area contributed by atoms with Gasteiger partial charge in [0.25, 0.3) is 5.91 Å². The van der Waals surface area contributed by atoms with Crippen molar-refractivity contribution >= 4 is 5.91 Å². The van der Waals surface area contributed by atoms with E-state index in [4.69, 9.17) is 15.3 Å². The van der Waals surface area contributed by atoms with E-state index in [0.717, 1.165) is 5.75 Å². The van der Waals surface area contributed by atoms with Crippen LogP contribution in [0.1, 0.15) is 6.92 Å². The molecule has 0 aliphatic carbocycles. The van der Waals surface area contributed by atoms with E-state index in [1.807, 2.05) is 35.8 Å². The maximum atomic E-state index is 11.0. The van der Waals surface area contributed by atoms with Crippen molar-refractivity contribution in [2.75, 3.05) is 13.2 Å². The van der Waals surface area contributed by atoms with Gasteiger partial charge in [-0.1, -0.05) is 18.2 Å². The first-order valence-electron chi connectivity index (χ1n) is 5.04. The second-order valence-electron chi connectivity index (χ2n) is 3.18. The van der Waals surface area contributed by atoms with Gasteiger partial charge in [-0.15, -0.1) is 0 Å². The van der Waals surface area contributed by atoms with Gasteiger partial charge in [-0.25, -0.2) is 5.84 Å². The van der Waals surface area contributed by atoms with Crippen molar-refractivity contribution in [2.24, 2.45) is 5.84 Å². The highest BCUT2D eigenvalue weighted by atomic mass is 16.5. The van der Waals surface area contributed by atoms with Crippen LogP contribution in [-0.4, -0.2) is 25.2 Å². The lowest BCUT2D eigenvalue weighted by molar-refractivity contribution is -0.132. The molecule has 16 heavy (non-hydrogen) atoms. The molecule has 1 amide bonds. The first-order chi connectivity index (χ1) is 7.74. The van der Waals surface area contributed by atoms with Crippen molar-refractivity contribution in [2.45, 2.75) is 13.0 Å². The van der Waals surface area contributed by atoms with E-state index < -0.39 is 6.10 Å². The largest absolute Gasteiger partial charge is 0.491 e. The summed E-state index contributed by atoms with van der Waals surface area (Å²) >= 11 is 0. The molecule has 0 saturated heterocycles. The number of rotatable bonds is 6. The Hall–Kier alpha value is -1.59. The third-order valence-corrected chi connectivity index (χ3v) is 1.97. The Bertz CT molecular complexity index is 316. The molecule has 1 aromatic carbocycles. The first kappa shape index (κ1) is 12.5. The summed E-state index contributed by atoms with van der Waals surface area (Å²) in [6, 6.07) is 9.41. The fourth-order valence-corrected chi connectivity index (χ4v) is 1.09. The minimum Gasteiger partial charge on any atom is -0.491 e. The third-order valence-electron chi connectivity index (χ3n) is 1.97. The summed E-state index contributed by atoms with van der Waals surface area (Å²) in [6.07, 6.45) is -0.565. The molecule has 0 aliphatic heterocycles. The van der Waals surface area contributed by atoms with Crippen molar-refractivity contribution in [1.29, 1.82) is 0 Å². The average Bonchev–Trinajstić information content (AvgIpc) is 2.34.